The molecule has 1 aliphatic rings. The second kappa shape index (κ2) is 5.63. The largest absolute Gasteiger partial charge is 0.316 e. The standard InChI is InChI=1S/C15H22FN/c1-3-11(2)14-7-8-17-10-15(14)12-5-4-6-13(16)9-12/h4-6,9,11,14-15,17H,3,7-8,10H2,1-2H3. The first kappa shape index (κ1) is 12.6. The van der Waals surface area contributed by atoms with Crippen molar-refractivity contribution < 1.29 is 4.39 Å². The van der Waals surface area contributed by atoms with Gasteiger partial charge in [-0.15, -0.1) is 0 Å². The molecule has 0 radical (unpaired) electrons. The van der Waals surface area contributed by atoms with E-state index in [2.05, 4.69) is 25.2 Å². The van der Waals surface area contributed by atoms with E-state index in [1.54, 1.807) is 6.07 Å². The molecular weight excluding hydrogens is 213 g/mol. The molecule has 0 aliphatic carbocycles. The fraction of sp³-hybridized carbons (Fsp3) is 0.600. The average Bonchev–Trinajstić information content (AvgIpc) is 2.38. The minimum Gasteiger partial charge on any atom is -0.316 e. The van der Waals surface area contributed by atoms with Gasteiger partial charge < -0.3 is 5.32 Å². The fourth-order valence-corrected chi connectivity index (χ4v) is 2.96. The normalized spacial score (nSPS) is 26.8. The predicted octanol–water partition coefficient (Wildman–Crippen LogP) is 3.56. The summed E-state index contributed by atoms with van der Waals surface area (Å²) in [7, 11) is 0. The number of halogens is 1. The first-order valence-electron chi connectivity index (χ1n) is 6.68. The summed E-state index contributed by atoms with van der Waals surface area (Å²) < 4.78 is 13.3. The number of benzene rings is 1. The first-order valence-corrected chi connectivity index (χ1v) is 6.68. The highest BCUT2D eigenvalue weighted by Gasteiger charge is 2.29. The van der Waals surface area contributed by atoms with Gasteiger partial charge in [-0.1, -0.05) is 32.4 Å². The monoisotopic (exact) mass is 235 g/mol. The second-order valence-electron chi connectivity index (χ2n) is 5.20. The van der Waals surface area contributed by atoms with Crippen molar-refractivity contribution in [3.05, 3.63) is 35.6 Å². The smallest absolute Gasteiger partial charge is 0.123 e. The molecular formula is C15H22FN. The van der Waals surface area contributed by atoms with Crippen LogP contribution in [0.1, 0.15) is 38.2 Å². The van der Waals surface area contributed by atoms with Crippen LogP contribution in [0, 0.1) is 17.7 Å². The summed E-state index contributed by atoms with van der Waals surface area (Å²) >= 11 is 0. The maximum Gasteiger partial charge on any atom is 0.123 e. The van der Waals surface area contributed by atoms with Crippen molar-refractivity contribution in [1.29, 1.82) is 0 Å². The van der Waals surface area contributed by atoms with E-state index in [1.165, 1.54) is 18.9 Å². The SMILES string of the molecule is CCC(C)C1CCNCC1c1cccc(F)c1. The molecule has 1 aliphatic heterocycles. The Bertz CT molecular complexity index is 364. The highest BCUT2D eigenvalue weighted by molar-refractivity contribution is 5.22. The van der Waals surface area contributed by atoms with Gasteiger partial charge in [0.25, 0.3) is 0 Å². The predicted molar refractivity (Wildman–Crippen MR) is 69.6 cm³/mol. The van der Waals surface area contributed by atoms with Crippen molar-refractivity contribution in [2.75, 3.05) is 13.1 Å². The molecule has 2 rings (SSSR count). The van der Waals surface area contributed by atoms with Crippen LogP contribution in [-0.4, -0.2) is 13.1 Å². The lowest BCUT2D eigenvalue weighted by atomic mass is 9.74. The minimum absolute atomic E-state index is 0.115. The Morgan fingerprint density at radius 3 is 3.00 bits per heavy atom. The van der Waals surface area contributed by atoms with Gasteiger partial charge in [0.05, 0.1) is 0 Å². The molecule has 1 fully saturated rings. The van der Waals surface area contributed by atoms with Gasteiger partial charge in [-0.05, 0) is 48.4 Å². The lowest BCUT2D eigenvalue weighted by Crippen LogP contribution is -2.37. The fourth-order valence-electron chi connectivity index (χ4n) is 2.96. The van der Waals surface area contributed by atoms with Gasteiger partial charge in [0.15, 0.2) is 0 Å². The first-order chi connectivity index (χ1) is 8.22. The molecule has 1 saturated heterocycles. The molecule has 1 heterocycles. The van der Waals surface area contributed by atoms with Crippen LogP contribution < -0.4 is 5.32 Å². The third-order valence-corrected chi connectivity index (χ3v) is 4.19. The summed E-state index contributed by atoms with van der Waals surface area (Å²) in [5.41, 5.74) is 1.16. The van der Waals surface area contributed by atoms with Gasteiger partial charge in [-0.2, -0.15) is 0 Å². The van der Waals surface area contributed by atoms with Gasteiger partial charge in [0, 0.05) is 6.54 Å². The van der Waals surface area contributed by atoms with Crippen LogP contribution in [0.3, 0.4) is 0 Å². The molecule has 1 aromatic carbocycles. The van der Waals surface area contributed by atoms with Gasteiger partial charge in [0.2, 0.25) is 0 Å². The Labute approximate surface area is 103 Å². The number of hydrogen-bond donors (Lipinski definition) is 1. The van der Waals surface area contributed by atoms with E-state index in [0.29, 0.717) is 17.8 Å². The van der Waals surface area contributed by atoms with Gasteiger partial charge in [-0.25, -0.2) is 4.39 Å². The number of piperidine rings is 1. The Morgan fingerprint density at radius 2 is 2.29 bits per heavy atom. The lowest BCUT2D eigenvalue weighted by molar-refractivity contribution is 0.233. The molecule has 2 heteroatoms. The molecule has 0 saturated carbocycles. The third kappa shape index (κ3) is 2.86. The number of nitrogens with one attached hydrogen (secondary N) is 1. The maximum absolute atomic E-state index is 13.3. The summed E-state index contributed by atoms with van der Waals surface area (Å²) in [6, 6.07) is 7.12. The Hall–Kier alpha value is -0.890. The summed E-state index contributed by atoms with van der Waals surface area (Å²) in [6.07, 6.45) is 2.41. The maximum atomic E-state index is 13.3. The van der Waals surface area contributed by atoms with E-state index in [0.717, 1.165) is 18.7 Å². The molecule has 1 N–H and O–H groups in total. The van der Waals surface area contributed by atoms with Crippen LogP contribution in [0.2, 0.25) is 0 Å². The molecule has 3 unspecified atom stereocenters. The summed E-state index contributed by atoms with van der Waals surface area (Å²) in [4.78, 5) is 0. The van der Waals surface area contributed by atoms with E-state index in [-0.39, 0.29) is 5.82 Å². The van der Waals surface area contributed by atoms with Crippen LogP contribution in [0.15, 0.2) is 24.3 Å². The molecule has 1 aromatic rings. The van der Waals surface area contributed by atoms with Gasteiger partial charge >= 0.3 is 0 Å². The molecule has 17 heavy (non-hydrogen) atoms. The summed E-state index contributed by atoms with van der Waals surface area (Å²) in [5.74, 6) is 1.75. The van der Waals surface area contributed by atoms with E-state index in [4.69, 9.17) is 0 Å². The van der Waals surface area contributed by atoms with Crippen molar-refractivity contribution in [2.45, 2.75) is 32.6 Å². The zero-order valence-corrected chi connectivity index (χ0v) is 10.7. The van der Waals surface area contributed by atoms with Gasteiger partial charge in [0.1, 0.15) is 5.82 Å². The highest BCUT2D eigenvalue weighted by Crippen LogP contribution is 2.36. The van der Waals surface area contributed by atoms with E-state index < -0.39 is 0 Å². The topological polar surface area (TPSA) is 12.0 Å². The average molecular weight is 235 g/mol. The zero-order valence-electron chi connectivity index (χ0n) is 10.7. The van der Waals surface area contributed by atoms with Crippen LogP contribution in [0.5, 0.6) is 0 Å². The summed E-state index contributed by atoms with van der Waals surface area (Å²) in [5, 5.41) is 3.44. The number of rotatable bonds is 3. The molecule has 94 valence electrons. The zero-order chi connectivity index (χ0) is 12.3. The van der Waals surface area contributed by atoms with E-state index in [1.807, 2.05) is 6.07 Å². The minimum atomic E-state index is -0.115. The third-order valence-electron chi connectivity index (χ3n) is 4.19. The van der Waals surface area contributed by atoms with Crippen molar-refractivity contribution in [3.63, 3.8) is 0 Å². The molecule has 3 atom stereocenters. The molecule has 0 spiro atoms. The van der Waals surface area contributed by atoms with E-state index in [9.17, 15) is 4.39 Å². The van der Waals surface area contributed by atoms with Crippen molar-refractivity contribution in [2.24, 2.45) is 11.8 Å². The Morgan fingerprint density at radius 1 is 1.47 bits per heavy atom. The van der Waals surface area contributed by atoms with Crippen molar-refractivity contribution in [3.8, 4) is 0 Å². The van der Waals surface area contributed by atoms with E-state index >= 15 is 0 Å². The second-order valence-corrected chi connectivity index (χ2v) is 5.20. The van der Waals surface area contributed by atoms with Crippen molar-refractivity contribution in [1.82, 2.24) is 5.32 Å². The lowest BCUT2D eigenvalue weighted by Gasteiger charge is -2.36. The molecule has 0 bridgehead atoms. The molecule has 0 aromatic heterocycles. The number of hydrogen-bond acceptors (Lipinski definition) is 1. The molecule has 0 amide bonds. The van der Waals surface area contributed by atoms with Crippen LogP contribution in [0.4, 0.5) is 4.39 Å². The highest BCUT2D eigenvalue weighted by atomic mass is 19.1. The molecule has 1 nitrogen and oxygen atoms in total. The quantitative estimate of drug-likeness (QED) is 0.844. The Balaban J connectivity index is 2.21. The van der Waals surface area contributed by atoms with Gasteiger partial charge in [-0.3, -0.25) is 0 Å². The van der Waals surface area contributed by atoms with Crippen molar-refractivity contribution >= 4 is 0 Å². The van der Waals surface area contributed by atoms with Crippen LogP contribution in [-0.2, 0) is 0 Å². The van der Waals surface area contributed by atoms with Crippen LogP contribution in [0.25, 0.3) is 0 Å². The summed E-state index contributed by atoms with van der Waals surface area (Å²) in [6.45, 7) is 6.65. The van der Waals surface area contributed by atoms with Crippen LogP contribution >= 0.6 is 0 Å². The Kier molecular flexibility index (Phi) is 4.16.